The number of amides is 1. The fourth-order valence-corrected chi connectivity index (χ4v) is 3.34. The normalized spacial score (nSPS) is 11.1. The Morgan fingerprint density at radius 2 is 1.43 bits per heavy atom. The number of carboxylic acid groups (broad SMARTS) is 1. The van der Waals surface area contributed by atoms with Gasteiger partial charge < -0.3 is 15.5 Å². The standard InChI is InChI=1S/C25H39NO4/c1-2-3-4-5-6-7-8-9-10-11-12-13-14-15-16-17-24(28)26-22-19-18-21(25(29)30)20-23(22)27/h9-10,18-20,27H,2-8,11-17H2,1H3,(H,26,28)(H,29,30)/b10-9-. The van der Waals surface area contributed by atoms with Crippen LogP contribution in [0, 0.1) is 0 Å². The highest BCUT2D eigenvalue weighted by Crippen LogP contribution is 2.24. The number of nitrogens with one attached hydrogen (secondary N) is 1. The first kappa shape index (κ1) is 25.7. The topological polar surface area (TPSA) is 86.6 Å². The van der Waals surface area contributed by atoms with Gasteiger partial charge in [-0.05, 0) is 50.3 Å². The van der Waals surface area contributed by atoms with E-state index >= 15 is 0 Å². The minimum Gasteiger partial charge on any atom is -0.506 e. The number of hydrogen-bond acceptors (Lipinski definition) is 3. The molecule has 0 saturated carbocycles. The van der Waals surface area contributed by atoms with Gasteiger partial charge in [0, 0.05) is 6.42 Å². The lowest BCUT2D eigenvalue weighted by atomic mass is 10.1. The number of hydrogen-bond donors (Lipinski definition) is 3. The van der Waals surface area contributed by atoms with Crippen LogP contribution in [0.4, 0.5) is 5.69 Å². The van der Waals surface area contributed by atoms with Gasteiger partial charge in [0.15, 0.2) is 0 Å². The molecule has 0 aliphatic carbocycles. The maximum Gasteiger partial charge on any atom is 0.335 e. The first-order chi connectivity index (χ1) is 14.5. The van der Waals surface area contributed by atoms with Crippen LogP contribution < -0.4 is 5.32 Å². The zero-order chi connectivity index (χ0) is 22.0. The molecular formula is C25H39NO4. The summed E-state index contributed by atoms with van der Waals surface area (Å²) in [5.74, 6) is -1.50. The fourth-order valence-electron chi connectivity index (χ4n) is 3.34. The molecule has 0 aliphatic heterocycles. The Hall–Kier alpha value is -2.30. The Kier molecular flexibility index (Phi) is 14.1. The van der Waals surface area contributed by atoms with E-state index in [1.807, 2.05) is 0 Å². The maximum absolute atomic E-state index is 12.0. The second-order valence-electron chi connectivity index (χ2n) is 7.92. The third-order valence-corrected chi connectivity index (χ3v) is 5.18. The lowest BCUT2D eigenvalue weighted by molar-refractivity contribution is -0.116. The number of allylic oxidation sites excluding steroid dienone is 2. The van der Waals surface area contributed by atoms with Gasteiger partial charge in [-0.1, -0.05) is 70.4 Å². The quantitative estimate of drug-likeness (QED) is 0.144. The fraction of sp³-hybridized carbons (Fsp3) is 0.600. The number of phenolic OH excluding ortho intramolecular Hbond substituents is 1. The van der Waals surface area contributed by atoms with Crippen LogP contribution in [0.25, 0.3) is 0 Å². The summed E-state index contributed by atoms with van der Waals surface area (Å²) in [6.07, 6.45) is 20.8. The Bertz CT molecular complexity index is 655. The molecule has 3 N–H and O–H groups in total. The average Bonchev–Trinajstić information content (AvgIpc) is 2.72. The van der Waals surface area contributed by atoms with Crippen molar-refractivity contribution in [1.82, 2.24) is 0 Å². The lowest BCUT2D eigenvalue weighted by Crippen LogP contribution is -2.11. The summed E-state index contributed by atoms with van der Waals surface area (Å²) in [4.78, 5) is 22.8. The van der Waals surface area contributed by atoms with E-state index in [0.29, 0.717) is 6.42 Å². The number of carboxylic acids is 1. The van der Waals surface area contributed by atoms with Gasteiger partial charge in [0.2, 0.25) is 5.91 Å². The largest absolute Gasteiger partial charge is 0.506 e. The van der Waals surface area contributed by atoms with Gasteiger partial charge in [0.1, 0.15) is 5.75 Å². The minimum absolute atomic E-state index is 0.0113. The number of carbonyl (C=O) groups excluding carboxylic acids is 1. The second-order valence-corrected chi connectivity index (χ2v) is 7.92. The van der Waals surface area contributed by atoms with Gasteiger partial charge in [-0.15, -0.1) is 0 Å². The zero-order valence-corrected chi connectivity index (χ0v) is 18.5. The summed E-state index contributed by atoms with van der Waals surface area (Å²) >= 11 is 0. The third-order valence-electron chi connectivity index (χ3n) is 5.18. The van der Waals surface area contributed by atoms with E-state index in [1.165, 1.54) is 69.9 Å². The lowest BCUT2D eigenvalue weighted by Gasteiger charge is -2.08. The number of anilines is 1. The number of carbonyl (C=O) groups is 2. The molecule has 0 heterocycles. The Balaban J connectivity index is 1.99. The van der Waals surface area contributed by atoms with Crippen molar-refractivity contribution in [3.63, 3.8) is 0 Å². The molecule has 1 amide bonds. The van der Waals surface area contributed by atoms with Gasteiger partial charge >= 0.3 is 5.97 Å². The van der Waals surface area contributed by atoms with Crippen molar-refractivity contribution in [3.8, 4) is 5.75 Å². The molecule has 0 bridgehead atoms. The smallest absolute Gasteiger partial charge is 0.335 e. The molecule has 5 heteroatoms. The molecule has 0 saturated heterocycles. The third kappa shape index (κ3) is 12.3. The van der Waals surface area contributed by atoms with Crippen LogP contribution in [0.3, 0.4) is 0 Å². The van der Waals surface area contributed by atoms with Crippen LogP contribution in [-0.4, -0.2) is 22.1 Å². The van der Waals surface area contributed by atoms with Crippen molar-refractivity contribution in [3.05, 3.63) is 35.9 Å². The predicted octanol–water partition coefficient (Wildman–Crippen LogP) is 7.07. The monoisotopic (exact) mass is 417 g/mol. The van der Waals surface area contributed by atoms with Crippen molar-refractivity contribution in [2.45, 2.75) is 96.8 Å². The number of aromatic hydroxyl groups is 1. The molecule has 5 nitrogen and oxygen atoms in total. The van der Waals surface area contributed by atoms with Gasteiger partial charge in [-0.2, -0.15) is 0 Å². The summed E-state index contributed by atoms with van der Waals surface area (Å²) in [5.41, 5.74) is 0.237. The van der Waals surface area contributed by atoms with Crippen molar-refractivity contribution in [1.29, 1.82) is 0 Å². The second kappa shape index (κ2) is 16.5. The van der Waals surface area contributed by atoms with Gasteiger partial charge in [0.05, 0.1) is 11.3 Å². The van der Waals surface area contributed by atoms with E-state index in [-0.39, 0.29) is 22.9 Å². The minimum atomic E-state index is -1.11. The molecule has 0 spiro atoms. The van der Waals surface area contributed by atoms with E-state index in [9.17, 15) is 14.7 Å². The van der Waals surface area contributed by atoms with Crippen molar-refractivity contribution >= 4 is 17.6 Å². The molecule has 0 unspecified atom stereocenters. The Morgan fingerprint density at radius 1 is 0.867 bits per heavy atom. The molecular weight excluding hydrogens is 378 g/mol. The summed E-state index contributed by atoms with van der Waals surface area (Å²) in [7, 11) is 0. The van der Waals surface area contributed by atoms with E-state index in [2.05, 4.69) is 24.4 Å². The van der Waals surface area contributed by atoms with Gasteiger partial charge in [0.25, 0.3) is 0 Å². The summed E-state index contributed by atoms with van der Waals surface area (Å²) in [6, 6.07) is 3.91. The highest BCUT2D eigenvalue weighted by molar-refractivity contribution is 5.94. The SMILES string of the molecule is CCCCCCCC/C=C\CCCCCCCC(=O)Nc1ccc(C(=O)O)cc1O. The van der Waals surface area contributed by atoms with Crippen LogP contribution >= 0.6 is 0 Å². The van der Waals surface area contributed by atoms with Crippen LogP contribution in [0.15, 0.2) is 30.4 Å². The summed E-state index contributed by atoms with van der Waals surface area (Å²) < 4.78 is 0. The van der Waals surface area contributed by atoms with Crippen LogP contribution in [0.5, 0.6) is 5.75 Å². The number of benzene rings is 1. The molecule has 30 heavy (non-hydrogen) atoms. The maximum atomic E-state index is 12.0. The van der Waals surface area contributed by atoms with E-state index < -0.39 is 5.97 Å². The molecule has 0 radical (unpaired) electrons. The predicted molar refractivity (Wildman–Crippen MR) is 123 cm³/mol. The zero-order valence-electron chi connectivity index (χ0n) is 18.5. The van der Waals surface area contributed by atoms with Crippen molar-refractivity contribution < 1.29 is 19.8 Å². The number of rotatable bonds is 17. The number of aromatic carboxylic acids is 1. The first-order valence-corrected chi connectivity index (χ1v) is 11.6. The van der Waals surface area contributed by atoms with Crippen molar-refractivity contribution in [2.75, 3.05) is 5.32 Å². The van der Waals surface area contributed by atoms with Crippen LogP contribution in [0.1, 0.15) is 107 Å². The molecule has 168 valence electrons. The van der Waals surface area contributed by atoms with E-state index in [4.69, 9.17) is 5.11 Å². The first-order valence-electron chi connectivity index (χ1n) is 11.6. The van der Waals surface area contributed by atoms with E-state index in [0.717, 1.165) is 31.7 Å². The molecule has 0 aliphatic rings. The molecule has 0 atom stereocenters. The number of phenols is 1. The van der Waals surface area contributed by atoms with Crippen LogP contribution in [0.2, 0.25) is 0 Å². The Morgan fingerprint density at radius 3 is 2.00 bits per heavy atom. The molecule has 1 aromatic carbocycles. The molecule has 1 aromatic rings. The Labute approximate surface area is 181 Å². The number of unbranched alkanes of at least 4 members (excludes halogenated alkanes) is 11. The van der Waals surface area contributed by atoms with Gasteiger partial charge in [-0.3, -0.25) is 4.79 Å². The van der Waals surface area contributed by atoms with Crippen LogP contribution in [-0.2, 0) is 4.79 Å². The average molecular weight is 418 g/mol. The van der Waals surface area contributed by atoms with E-state index in [1.54, 1.807) is 0 Å². The highest BCUT2D eigenvalue weighted by Gasteiger charge is 2.10. The molecule has 0 fully saturated rings. The molecule has 0 aromatic heterocycles. The molecule has 1 rings (SSSR count). The van der Waals surface area contributed by atoms with Crippen molar-refractivity contribution in [2.24, 2.45) is 0 Å². The summed E-state index contributed by atoms with van der Waals surface area (Å²) in [6.45, 7) is 2.25. The highest BCUT2D eigenvalue weighted by atomic mass is 16.4. The van der Waals surface area contributed by atoms with Gasteiger partial charge in [-0.25, -0.2) is 4.79 Å². The summed E-state index contributed by atoms with van der Waals surface area (Å²) in [5, 5.41) is 21.3.